The van der Waals surface area contributed by atoms with Crippen LogP contribution in [-0.4, -0.2) is 61.7 Å². The fourth-order valence-electron chi connectivity index (χ4n) is 2.81. The van der Waals surface area contributed by atoms with Crippen molar-refractivity contribution in [3.63, 3.8) is 0 Å². The van der Waals surface area contributed by atoms with Gasteiger partial charge in [-0.25, -0.2) is 9.98 Å². The molecule has 1 fully saturated rings. The summed E-state index contributed by atoms with van der Waals surface area (Å²) in [5.74, 6) is 0.903. The van der Waals surface area contributed by atoms with Gasteiger partial charge in [-0.15, -0.1) is 35.3 Å². The first-order valence-corrected chi connectivity index (χ1v) is 9.78. The molecule has 1 aliphatic heterocycles. The van der Waals surface area contributed by atoms with E-state index in [1.54, 1.807) is 11.3 Å². The number of piperidine rings is 1. The predicted octanol–water partition coefficient (Wildman–Crippen LogP) is 2.76. The average Bonchev–Trinajstić information content (AvgIpc) is 3.02. The third-order valence-corrected chi connectivity index (χ3v) is 5.32. The third kappa shape index (κ3) is 7.26. The van der Waals surface area contributed by atoms with Crippen molar-refractivity contribution in [2.45, 2.75) is 52.2 Å². The molecule has 8 heteroatoms. The van der Waals surface area contributed by atoms with Gasteiger partial charge < -0.3 is 20.4 Å². The van der Waals surface area contributed by atoms with Crippen molar-refractivity contribution in [1.29, 1.82) is 0 Å². The lowest BCUT2D eigenvalue weighted by molar-refractivity contribution is 0.167. The molecule has 0 spiro atoms. The summed E-state index contributed by atoms with van der Waals surface area (Å²) >= 11 is 1.66. The lowest BCUT2D eigenvalue weighted by atomic mass is 10.0. The Morgan fingerprint density at radius 1 is 1.40 bits per heavy atom. The highest BCUT2D eigenvalue weighted by molar-refractivity contribution is 14.0. The summed E-state index contributed by atoms with van der Waals surface area (Å²) in [6.45, 7) is 10.5. The fourth-order valence-corrected chi connectivity index (χ4v) is 3.56. The Morgan fingerprint density at radius 3 is 2.60 bits per heavy atom. The summed E-state index contributed by atoms with van der Waals surface area (Å²) in [5.41, 5.74) is 1.02. The SMILES string of the molecule is CCNC(=NCc1csc(N(C)C)n1)NC1CCN(C(C)C)CC1.I. The standard InChI is InChI=1S/C17H32N6S.HI/c1-6-18-16(19-11-15-12-24-17(21-15)22(4)5)20-14-7-9-23(10-8-14)13(2)3;/h12-14H,6-11H2,1-5H3,(H2,18,19,20);1H. The van der Waals surface area contributed by atoms with Crippen molar-refractivity contribution in [3.8, 4) is 0 Å². The van der Waals surface area contributed by atoms with E-state index in [9.17, 15) is 0 Å². The topological polar surface area (TPSA) is 55.8 Å². The first-order chi connectivity index (χ1) is 11.5. The summed E-state index contributed by atoms with van der Waals surface area (Å²) in [6, 6.07) is 1.15. The van der Waals surface area contributed by atoms with E-state index in [1.807, 2.05) is 19.0 Å². The predicted molar refractivity (Wildman–Crippen MR) is 120 cm³/mol. The molecule has 0 radical (unpaired) electrons. The van der Waals surface area contributed by atoms with Crippen LogP contribution in [0.2, 0.25) is 0 Å². The van der Waals surface area contributed by atoms with Crippen molar-refractivity contribution < 1.29 is 0 Å². The minimum Gasteiger partial charge on any atom is -0.357 e. The molecular weight excluding hydrogens is 447 g/mol. The lowest BCUT2D eigenvalue weighted by Gasteiger charge is -2.35. The van der Waals surface area contributed by atoms with Crippen LogP contribution < -0.4 is 15.5 Å². The maximum absolute atomic E-state index is 4.71. The Morgan fingerprint density at radius 2 is 2.08 bits per heavy atom. The van der Waals surface area contributed by atoms with Gasteiger partial charge >= 0.3 is 0 Å². The van der Waals surface area contributed by atoms with Crippen LogP contribution in [-0.2, 0) is 6.54 Å². The molecule has 1 aliphatic rings. The zero-order chi connectivity index (χ0) is 17.5. The average molecular weight is 480 g/mol. The van der Waals surface area contributed by atoms with Gasteiger partial charge in [0.05, 0.1) is 12.2 Å². The molecule has 144 valence electrons. The largest absolute Gasteiger partial charge is 0.357 e. The molecule has 0 bridgehead atoms. The second-order valence-corrected chi connectivity index (χ2v) is 7.60. The monoisotopic (exact) mass is 480 g/mol. The second-order valence-electron chi connectivity index (χ2n) is 6.76. The molecule has 0 saturated carbocycles. The summed E-state index contributed by atoms with van der Waals surface area (Å²) < 4.78 is 0. The number of guanidine groups is 1. The van der Waals surface area contributed by atoms with E-state index in [4.69, 9.17) is 4.99 Å². The minimum atomic E-state index is 0. The van der Waals surface area contributed by atoms with Crippen LogP contribution in [0.1, 0.15) is 39.3 Å². The number of nitrogens with zero attached hydrogens (tertiary/aromatic N) is 4. The Balaban J connectivity index is 0.00000312. The van der Waals surface area contributed by atoms with Gasteiger partial charge in [0.25, 0.3) is 0 Å². The van der Waals surface area contributed by atoms with Crippen molar-refractivity contribution in [2.75, 3.05) is 38.6 Å². The smallest absolute Gasteiger partial charge is 0.191 e. The molecule has 1 aromatic rings. The zero-order valence-corrected chi connectivity index (χ0v) is 19.2. The molecule has 2 N–H and O–H groups in total. The molecule has 0 atom stereocenters. The highest BCUT2D eigenvalue weighted by atomic mass is 127. The maximum Gasteiger partial charge on any atom is 0.191 e. The number of halogens is 1. The van der Waals surface area contributed by atoms with Crippen molar-refractivity contribution in [1.82, 2.24) is 20.5 Å². The van der Waals surface area contributed by atoms with E-state index in [0.29, 0.717) is 18.6 Å². The summed E-state index contributed by atoms with van der Waals surface area (Å²) in [5, 5.41) is 10.1. The number of anilines is 1. The first-order valence-electron chi connectivity index (χ1n) is 8.90. The van der Waals surface area contributed by atoms with Crippen LogP contribution >= 0.6 is 35.3 Å². The summed E-state index contributed by atoms with van der Waals surface area (Å²) in [4.78, 5) is 13.9. The Labute approximate surface area is 173 Å². The van der Waals surface area contributed by atoms with Gasteiger partial charge in [-0.05, 0) is 33.6 Å². The first kappa shape index (κ1) is 22.4. The van der Waals surface area contributed by atoms with Gasteiger partial charge in [-0.2, -0.15) is 0 Å². The van der Waals surface area contributed by atoms with Crippen LogP contribution in [0.15, 0.2) is 10.4 Å². The molecule has 1 saturated heterocycles. The fraction of sp³-hybridized carbons (Fsp3) is 0.765. The number of aliphatic imine (C=N–C) groups is 1. The molecule has 25 heavy (non-hydrogen) atoms. The van der Waals surface area contributed by atoms with Crippen LogP contribution in [0, 0.1) is 0 Å². The van der Waals surface area contributed by atoms with Crippen LogP contribution in [0.4, 0.5) is 5.13 Å². The molecule has 0 amide bonds. The van der Waals surface area contributed by atoms with Crippen LogP contribution in [0.25, 0.3) is 0 Å². The highest BCUT2D eigenvalue weighted by Gasteiger charge is 2.21. The lowest BCUT2D eigenvalue weighted by Crippen LogP contribution is -2.49. The molecule has 1 aromatic heterocycles. The normalized spacial score (nSPS) is 16.6. The van der Waals surface area contributed by atoms with Crippen molar-refractivity contribution in [3.05, 3.63) is 11.1 Å². The zero-order valence-electron chi connectivity index (χ0n) is 16.1. The third-order valence-electron chi connectivity index (χ3n) is 4.27. The number of rotatable bonds is 6. The molecule has 0 aliphatic carbocycles. The van der Waals surface area contributed by atoms with Crippen molar-refractivity contribution >= 4 is 46.4 Å². The van der Waals surface area contributed by atoms with Gasteiger partial charge in [0.15, 0.2) is 11.1 Å². The number of likely N-dealkylation sites (tertiary alicyclic amines) is 1. The molecule has 0 aromatic carbocycles. The number of aromatic nitrogens is 1. The molecule has 6 nitrogen and oxygen atoms in total. The number of hydrogen-bond donors (Lipinski definition) is 2. The number of nitrogens with one attached hydrogen (secondary N) is 2. The molecular formula is C17H33IN6S. The summed E-state index contributed by atoms with van der Waals surface area (Å²) in [7, 11) is 4.03. The van der Waals surface area contributed by atoms with Gasteiger partial charge in [0, 0.05) is 51.2 Å². The van der Waals surface area contributed by atoms with Gasteiger partial charge in [0.1, 0.15) is 0 Å². The van der Waals surface area contributed by atoms with E-state index < -0.39 is 0 Å². The van der Waals surface area contributed by atoms with Crippen LogP contribution in [0.3, 0.4) is 0 Å². The molecule has 2 heterocycles. The maximum atomic E-state index is 4.71. The van der Waals surface area contributed by atoms with Gasteiger partial charge in [-0.3, -0.25) is 0 Å². The quantitative estimate of drug-likeness (QED) is 0.373. The van der Waals surface area contributed by atoms with E-state index >= 15 is 0 Å². The Hall–Kier alpha value is -0.610. The van der Waals surface area contributed by atoms with E-state index in [2.05, 4.69) is 46.7 Å². The Bertz CT molecular complexity index is 523. The van der Waals surface area contributed by atoms with E-state index in [0.717, 1.165) is 36.4 Å². The molecule has 2 rings (SSSR count). The number of hydrogen-bond acceptors (Lipinski definition) is 5. The summed E-state index contributed by atoms with van der Waals surface area (Å²) in [6.07, 6.45) is 2.34. The highest BCUT2D eigenvalue weighted by Crippen LogP contribution is 2.18. The Kier molecular flexibility index (Phi) is 10.0. The number of thiazole rings is 1. The van der Waals surface area contributed by atoms with E-state index in [-0.39, 0.29) is 24.0 Å². The van der Waals surface area contributed by atoms with Crippen LogP contribution in [0.5, 0.6) is 0 Å². The molecule has 0 unspecified atom stereocenters. The second kappa shape index (κ2) is 11.2. The minimum absolute atomic E-state index is 0. The van der Waals surface area contributed by atoms with Crippen molar-refractivity contribution in [2.24, 2.45) is 4.99 Å². The van der Waals surface area contributed by atoms with Gasteiger partial charge in [-0.1, -0.05) is 0 Å². The van der Waals surface area contributed by atoms with Gasteiger partial charge in [0.2, 0.25) is 0 Å². The van der Waals surface area contributed by atoms with E-state index in [1.165, 1.54) is 12.8 Å².